The fraction of sp³-hybridized carbons (Fsp3) is 0.0263. The number of aromatic nitrogens is 4. The molecule has 4 aromatic carbocycles. The molecule has 6 nitrogen and oxygen atoms in total. The molecule has 7 rings (SSSR count). The van der Waals surface area contributed by atoms with E-state index in [2.05, 4.69) is 94.0 Å². The molecule has 3 aromatic heterocycles. The van der Waals surface area contributed by atoms with Gasteiger partial charge in [0, 0.05) is 29.8 Å². The van der Waals surface area contributed by atoms with E-state index in [4.69, 9.17) is 10.1 Å². The van der Waals surface area contributed by atoms with Gasteiger partial charge in [0.05, 0.1) is 5.69 Å². The van der Waals surface area contributed by atoms with Crippen molar-refractivity contribution in [2.45, 2.75) is 5.54 Å². The summed E-state index contributed by atoms with van der Waals surface area (Å²) in [6.07, 6.45) is 5.70. The van der Waals surface area contributed by atoms with Gasteiger partial charge in [0.2, 0.25) is 0 Å². The van der Waals surface area contributed by atoms with Crippen LogP contribution in [0.5, 0.6) is 5.75 Å². The Morgan fingerprint density at radius 1 is 0.591 bits per heavy atom. The number of nitrogens with zero attached hydrogens (tertiary/aromatic N) is 4. The quantitative estimate of drug-likeness (QED) is 0.142. The van der Waals surface area contributed by atoms with Crippen LogP contribution >= 0.6 is 0 Å². The molecule has 0 aliphatic carbocycles. The highest BCUT2D eigenvalue weighted by Crippen LogP contribution is 2.43. The molecule has 3 heterocycles. The van der Waals surface area contributed by atoms with Crippen molar-refractivity contribution in [2.24, 2.45) is 0 Å². The topological polar surface area (TPSA) is 75.9 Å². The average Bonchev–Trinajstić information content (AvgIpc) is 3.54. The van der Waals surface area contributed by atoms with Gasteiger partial charge in [-0.25, -0.2) is 4.98 Å². The monoisotopic (exact) mass is 571 g/mol. The SMILES string of the molecule is Oc1ccc(Nc2cc(-c3cn(C(c4ccccc4)(c4ccccc4)c4ccccc4)nc3-c3ccccn3)ccn2)cc1. The van der Waals surface area contributed by atoms with Crippen LogP contribution < -0.4 is 5.32 Å². The highest BCUT2D eigenvalue weighted by atomic mass is 16.3. The largest absolute Gasteiger partial charge is 0.508 e. The van der Waals surface area contributed by atoms with Gasteiger partial charge in [-0.2, -0.15) is 5.10 Å². The number of nitrogens with one attached hydrogen (secondary N) is 1. The molecular formula is C38H29N5O. The minimum Gasteiger partial charge on any atom is -0.508 e. The summed E-state index contributed by atoms with van der Waals surface area (Å²) in [6.45, 7) is 0. The molecule has 0 atom stereocenters. The summed E-state index contributed by atoms with van der Waals surface area (Å²) in [5, 5.41) is 18.4. The zero-order valence-corrected chi connectivity index (χ0v) is 23.8. The van der Waals surface area contributed by atoms with E-state index in [-0.39, 0.29) is 5.75 Å². The maximum absolute atomic E-state index is 9.71. The number of anilines is 2. The van der Waals surface area contributed by atoms with Crippen LogP contribution in [0.1, 0.15) is 16.7 Å². The Bertz CT molecular complexity index is 1880. The first-order valence-corrected chi connectivity index (χ1v) is 14.4. The second-order valence-corrected chi connectivity index (χ2v) is 10.5. The zero-order chi connectivity index (χ0) is 29.8. The maximum Gasteiger partial charge on any atom is 0.138 e. The predicted molar refractivity (Wildman–Crippen MR) is 175 cm³/mol. The van der Waals surface area contributed by atoms with Crippen molar-refractivity contribution in [1.29, 1.82) is 0 Å². The molecule has 0 radical (unpaired) electrons. The molecule has 0 aliphatic heterocycles. The molecule has 0 amide bonds. The smallest absolute Gasteiger partial charge is 0.138 e. The van der Waals surface area contributed by atoms with Crippen molar-refractivity contribution in [3.63, 3.8) is 0 Å². The molecule has 0 bridgehead atoms. The molecule has 0 aliphatic rings. The van der Waals surface area contributed by atoms with Crippen LogP contribution in [0.2, 0.25) is 0 Å². The first kappa shape index (κ1) is 26.9. The minimum absolute atomic E-state index is 0.211. The molecule has 2 N–H and O–H groups in total. The van der Waals surface area contributed by atoms with Gasteiger partial charge in [0.1, 0.15) is 22.8 Å². The van der Waals surface area contributed by atoms with Crippen molar-refractivity contribution in [3.8, 4) is 28.3 Å². The Balaban J connectivity index is 1.47. The van der Waals surface area contributed by atoms with Gasteiger partial charge >= 0.3 is 0 Å². The van der Waals surface area contributed by atoms with Gasteiger partial charge in [-0.15, -0.1) is 0 Å². The highest BCUT2D eigenvalue weighted by molar-refractivity contribution is 5.80. The third kappa shape index (κ3) is 4.99. The van der Waals surface area contributed by atoms with Gasteiger partial charge in [-0.3, -0.25) is 9.67 Å². The normalized spacial score (nSPS) is 11.3. The van der Waals surface area contributed by atoms with Crippen LogP contribution in [0.3, 0.4) is 0 Å². The molecule has 0 unspecified atom stereocenters. The van der Waals surface area contributed by atoms with Crippen molar-refractivity contribution in [2.75, 3.05) is 5.32 Å². The van der Waals surface area contributed by atoms with E-state index < -0.39 is 5.54 Å². The van der Waals surface area contributed by atoms with Crippen molar-refractivity contribution in [3.05, 3.63) is 181 Å². The first-order chi connectivity index (χ1) is 21.7. The lowest BCUT2D eigenvalue weighted by molar-refractivity contribution is 0.461. The Labute approximate surface area is 256 Å². The Kier molecular flexibility index (Phi) is 7.14. The average molecular weight is 572 g/mol. The highest BCUT2D eigenvalue weighted by Gasteiger charge is 2.40. The molecule has 0 saturated carbocycles. The Hall–Kier alpha value is -6.01. The number of benzene rings is 4. The maximum atomic E-state index is 9.71. The number of phenols is 1. The van der Waals surface area contributed by atoms with E-state index in [9.17, 15) is 5.11 Å². The number of hydrogen-bond donors (Lipinski definition) is 2. The molecule has 0 saturated heterocycles. The van der Waals surface area contributed by atoms with Gasteiger partial charge < -0.3 is 10.4 Å². The summed E-state index contributed by atoms with van der Waals surface area (Å²) >= 11 is 0. The van der Waals surface area contributed by atoms with Crippen LogP contribution in [0.25, 0.3) is 22.5 Å². The lowest BCUT2D eigenvalue weighted by Gasteiger charge is -2.36. The number of hydrogen-bond acceptors (Lipinski definition) is 5. The van der Waals surface area contributed by atoms with Gasteiger partial charge in [0.15, 0.2) is 0 Å². The summed E-state index contributed by atoms with van der Waals surface area (Å²) < 4.78 is 2.08. The first-order valence-electron chi connectivity index (χ1n) is 14.4. The van der Waals surface area contributed by atoms with E-state index in [1.165, 1.54) is 0 Å². The van der Waals surface area contributed by atoms with Gasteiger partial charge in [0.25, 0.3) is 0 Å². The zero-order valence-electron chi connectivity index (χ0n) is 23.8. The number of phenolic OH excluding ortho intramolecular Hbond substituents is 1. The van der Waals surface area contributed by atoms with Crippen LogP contribution in [-0.4, -0.2) is 24.9 Å². The van der Waals surface area contributed by atoms with Crippen LogP contribution in [0.4, 0.5) is 11.5 Å². The molecule has 212 valence electrons. The summed E-state index contributed by atoms with van der Waals surface area (Å²) in [5.41, 5.74) is 6.71. The molecular weight excluding hydrogens is 542 g/mol. The Morgan fingerprint density at radius 3 is 1.75 bits per heavy atom. The van der Waals surface area contributed by atoms with E-state index in [0.29, 0.717) is 5.82 Å². The fourth-order valence-electron chi connectivity index (χ4n) is 5.74. The molecule has 0 fully saturated rings. The van der Waals surface area contributed by atoms with E-state index >= 15 is 0 Å². The lowest BCUT2D eigenvalue weighted by Crippen LogP contribution is -2.38. The van der Waals surface area contributed by atoms with Crippen LogP contribution in [0.15, 0.2) is 164 Å². The summed E-state index contributed by atoms with van der Waals surface area (Å²) in [6, 6.07) is 48.3. The van der Waals surface area contributed by atoms with Gasteiger partial charge in [-0.05, 0) is 70.8 Å². The summed E-state index contributed by atoms with van der Waals surface area (Å²) in [5.74, 6) is 0.886. The Morgan fingerprint density at radius 2 is 1.18 bits per heavy atom. The second kappa shape index (κ2) is 11.7. The minimum atomic E-state index is -0.772. The third-order valence-electron chi connectivity index (χ3n) is 7.75. The van der Waals surface area contributed by atoms with E-state index in [1.807, 2.05) is 60.7 Å². The van der Waals surface area contributed by atoms with E-state index in [1.54, 1.807) is 24.5 Å². The number of pyridine rings is 2. The van der Waals surface area contributed by atoms with E-state index in [0.717, 1.165) is 44.9 Å². The third-order valence-corrected chi connectivity index (χ3v) is 7.75. The standard InChI is InChI=1S/C38H29N5O/c44-33-21-19-32(20-22-33)41-36-26-28(23-25-40-36)34-27-43(42-37(34)35-18-10-11-24-39-35)38(29-12-4-1-5-13-29,30-14-6-2-7-15-30)31-16-8-3-9-17-31/h1-27,44H,(H,40,41). The van der Waals surface area contributed by atoms with Crippen molar-refractivity contribution in [1.82, 2.24) is 19.7 Å². The second-order valence-electron chi connectivity index (χ2n) is 10.5. The van der Waals surface area contributed by atoms with Gasteiger partial charge in [-0.1, -0.05) is 97.1 Å². The van der Waals surface area contributed by atoms with Crippen molar-refractivity contribution < 1.29 is 5.11 Å². The molecule has 7 aromatic rings. The number of rotatable bonds is 8. The summed E-state index contributed by atoms with van der Waals surface area (Å²) in [7, 11) is 0. The molecule has 6 heteroatoms. The molecule has 0 spiro atoms. The predicted octanol–water partition coefficient (Wildman–Crippen LogP) is 8.30. The fourth-order valence-corrected chi connectivity index (χ4v) is 5.74. The van der Waals surface area contributed by atoms with Crippen LogP contribution in [-0.2, 0) is 5.54 Å². The lowest BCUT2D eigenvalue weighted by atomic mass is 9.77. The number of aromatic hydroxyl groups is 1. The van der Waals surface area contributed by atoms with Crippen LogP contribution in [0, 0.1) is 0 Å². The summed E-state index contributed by atoms with van der Waals surface area (Å²) in [4.78, 5) is 9.28. The van der Waals surface area contributed by atoms with Crippen molar-refractivity contribution >= 4 is 11.5 Å². The molecule has 44 heavy (non-hydrogen) atoms.